The summed E-state index contributed by atoms with van der Waals surface area (Å²) in [6.07, 6.45) is 1.90. The number of rotatable bonds is 4. The Hall–Kier alpha value is -1.55. The molecule has 1 saturated heterocycles. The number of nitrogens with zero attached hydrogens (tertiary/aromatic N) is 1. The summed E-state index contributed by atoms with van der Waals surface area (Å²) in [5.74, 6) is 0.0707. The van der Waals surface area contributed by atoms with Gasteiger partial charge in [0.05, 0.1) is 5.92 Å². The summed E-state index contributed by atoms with van der Waals surface area (Å²) in [4.78, 5) is 15.1. The summed E-state index contributed by atoms with van der Waals surface area (Å²) in [6, 6.07) is 11.6. The van der Waals surface area contributed by atoms with Gasteiger partial charge in [-0.2, -0.15) is 0 Å². The molecule has 1 aliphatic rings. The van der Waals surface area contributed by atoms with Crippen LogP contribution in [0.4, 0.5) is 5.69 Å². The second-order valence-corrected chi connectivity index (χ2v) is 7.84. The molecule has 0 unspecified atom stereocenters. The van der Waals surface area contributed by atoms with E-state index in [0.29, 0.717) is 16.6 Å². The highest BCUT2D eigenvalue weighted by atomic mass is 35.5. The van der Waals surface area contributed by atoms with Gasteiger partial charge in [0.25, 0.3) is 0 Å². The molecule has 5 heteroatoms. The fourth-order valence-corrected chi connectivity index (χ4v) is 4.07. The molecule has 1 amide bonds. The SMILES string of the molecule is Cc1cccc(C)c1NC(=O)[C@@H]1CCCN(Cc2c(Cl)cccc2Cl)C1. The molecule has 0 radical (unpaired) electrons. The van der Waals surface area contributed by atoms with Crippen molar-refractivity contribution >= 4 is 34.8 Å². The molecule has 0 aliphatic carbocycles. The Balaban J connectivity index is 1.67. The number of halogens is 2. The molecule has 1 fully saturated rings. The van der Waals surface area contributed by atoms with Gasteiger partial charge in [0.2, 0.25) is 5.91 Å². The highest BCUT2D eigenvalue weighted by molar-refractivity contribution is 6.35. The largest absolute Gasteiger partial charge is 0.325 e. The van der Waals surface area contributed by atoms with Crippen LogP contribution in [0.3, 0.4) is 0 Å². The van der Waals surface area contributed by atoms with Crippen LogP contribution < -0.4 is 5.32 Å². The number of benzene rings is 2. The molecule has 0 spiro atoms. The molecule has 0 aromatic heterocycles. The monoisotopic (exact) mass is 390 g/mol. The van der Waals surface area contributed by atoms with Gasteiger partial charge in [-0.3, -0.25) is 9.69 Å². The van der Waals surface area contributed by atoms with Crippen molar-refractivity contribution in [2.24, 2.45) is 5.92 Å². The van der Waals surface area contributed by atoms with E-state index in [2.05, 4.69) is 10.2 Å². The normalized spacial score (nSPS) is 17.9. The van der Waals surface area contributed by atoms with E-state index in [0.717, 1.165) is 48.3 Å². The van der Waals surface area contributed by atoms with Crippen LogP contribution in [-0.4, -0.2) is 23.9 Å². The lowest BCUT2D eigenvalue weighted by Gasteiger charge is -2.32. The zero-order chi connectivity index (χ0) is 18.7. The topological polar surface area (TPSA) is 32.3 Å². The third-order valence-electron chi connectivity index (χ3n) is 5.05. The van der Waals surface area contributed by atoms with Gasteiger partial charge in [-0.1, -0.05) is 47.5 Å². The molecular weight excluding hydrogens is 367 g/mol. The van der Waals surface area contributed by atoms with Gasteiger partial charge in [-0.25, -0.2) is 0 Å². The Kier molecular flexibility index (Phi) is 6.23. The first-order valence-electron chi connectivity index (χ1n) is 8.98. The Morgan fingerprint density at radius 1 is 1.12 bits per heavy atom. The van der Waals surface area contributed by atoms with E-state index in [4.69, 9.17) is 23.2 Å². The Morgan fingerprint density at radius 3 is 2.38 bits per heavy atom. The number of hydrogen-bond donors (Lipinski definition) is 1. The van der Waals surface area contributed by atoms with E-state index in [9.17, 15) is 4.79 Å². The van der Waals surface area contributed by atoms with Crippen LogP contribution in [0.25, 0.3) is 0 Å². The molecule has 3 nitrogen and oxygen atoms in total. The number of carbonyl (C=O) groups excluding carboxylic acids is 1. The number of amides is 1. The average molecular weight is 391 g/mol. The van der Waals surface area contributed by atoms with Crippen molar-refractivity contribution in [3.63, 3.8) is 0 Å². The van der Waals surface area contributed by atoms with Crippen LogP contribution >= 0.6 is 23.2 Å². The maximum absolute atomic E-state index is 12.8. The summed E-state index contributed by atoms with van der Waals surface area (Å²) < 4.78 is 0. The van der Waals surface area contributed by atoms with Gasteiger partial charge in [0, 0.05) is 34.4 Å². The first kappa shape index (κ1) is 19.2. The second kappa shape index (κ2) is 8.43. The Bertz CT molecular complexity index is 766. The van der Waals surface area contributed by atoms with Crippen LogP contribution in [0, 0.1) is 19.8 Å². The molecule has 0 saturated carbocycles. The minimum atomic E-state index is -0.0241. The van der Waals surface area contributed by atoms with Gasteiger partial charge in [-0.15, -0.1) is 0 Å². The Morgan fingerprint density at radius 2 is 1.73 bits per heavy atom. The van der Waals surface area contributed by atoms with Crippen molar-refractivity contribution in [2.75, 3.05) is 18.4 Å². The minimum Gasteiger partial charge on any atom is -0.325 e. The number of carbonyl (C=O) groups is 1. The first-order valence-corrected chi connectivity index (χ1v) is 9.73. The molecule has 138 valence electrons. The zero-order valence-electron chi connectivity index (χ0n) is 15.2. The van der Waals surface area contributed by atoms with E-state index in [1.54, 1.807) is 0 Å². The number of hydrogen-bond acceptors (Lipinski definition) is 2. The standard InChI is InChI=1S/C21H24Cl2N2O/c1-14-6-3-7-15(2)20(14)24-21(26)16-8-5-11-25(12-16)13-17-18(22)9-4-10-19(17)23/h3-4,6-7,9-10,16H,5,8,11-13H2,1-2H3,(H,24,26)/t16-/m1/s1. The molecule has 1 heterocycles. The fourth-order valence-electron chi connectivity index (χ4n) is 3.56. The highest BCUT2D eigenvalue weighted by Crippen LogP contribution is 2.28. The number of aryl methyl sites for hydroxylation is 2. The first-order chi connectivity index (χ1) is 12.5. The quantitative estimate of drug-likeness (QED) is 0.751. The number of likely N-dealkylation sites (tertiary alicyclic amines) is 1. The lowest BCUT2D eigenvalue weighted by atomic mass is 9.96. The molecule has 1 aliphatic heterocycles. The van der Waals surface area contributed by atoms with Crippen LogP contribution in [0.5, 0.6) is 0 Å². The van der Waals surface area contributed by atoms with Gasteiger partial charge < -0.3 is 5.32 Å². The summed E-state index contributed by atoms with van der Waals surface area (Å²) in [5.41, 5.74) is 4.05. The summed E-state index contributed by atoms with van der Waals surface area (Å²) in [6.45, 7) is 6.39. The molecular formula is C21H24Cl2N2O. The predicted molar refractivity (Wildman–Crippen MR) is 109 cm³/mol. The number of piperidine rings is 1. The molecule has 0 bridgehead atoms. The third kappa shape index (κ3) is 4.40. The van der Waals surface area contributed by atoms with E-state index < -0.39 is 0 Å². The molecule has 2 aromatic carbocycles. The summed E-state index contributed by atoms with van der Waals surface area (Å²) in [5, 5.41) is 4.50. The number of anilines is 1. The van der Waals surface area contributed by atoms with Gasteiger partial charge >= 0.3 is 0 Å². The number of nitrogens with one attached hydrogen (secondary N) is 1. The molecule has 1 atom stereocenters. The van der Waals surface area contributed by atoms with Crippen LogP contribution in [0.15, 0.2) is 36.4 Å². The fraction of sp³-hybridized carbons (Fsp3) is 0.381. The van der Waals surface area contributed by atoms with Crippen LogP contribution in [-0.2, 0) is 11.3 Å². The van der Waals surface area contributed by atoms with Gasteiger partial charge in [0.1, 0.15) is 0 Å². The zero-order valence-corrected chi connectivity index (χ0v) is 16.7. The maximum atomic E-state index is 12.8. The summed E-state index contributed by atoms with van der Waals surface area (Å²) in [7, 11) is 0. The molecule has 3 rings (SSSR count). The smallest absolute Gasteiger partial charge is 0.228 e. The van der Waals surface area contributed by atoms with Gasteiger partial charge in [0.15, 0.2) is 0 Å². The van der Waals surface area contributed by atoms with Crippen molar-refractivity contribution in [2.45, 2.75) is 33.2 Å². The molecule has 26 heavy (non-hydrogen) atoms. The van der Waals surface area contributed by atoms with Crippen molar-refractivity contribution in [3.05, 3.63) is 63.1 Å². The molecule has 2 aromatic rings. The predicted octanol–water partition coefficient (Wildman–Crippen LogP) is 5.46. The number of para-hydroxylation sites is 1. The van der Waals surface area contributed by atoms with Crippen LogP contribution in [0.2, 0.25) is 10.0 Å². The van der Waals surface area contributed by atoms with Crippen molar-refractivity contribution < 1.29 is 4.79 Å². The van der Waals surface area contributed by atoms with Crippen molar-refractivity contribution in [1.82, 2.24) is 4.90 Å². The van der Waals surface area contributed by atoms with Gasteiger partial charge in [-0.05, 0) is 56.5 Å². The molecule has 1 N–H and O–H groups in total. The van der Waals surface area contributed by atoms with Crippen molar-refractivity contribution in [1.29, 1.82) is 0 Å². The van der Waals surface area contributed by atoms with Crippen molar-refractivity contribution in [3.8, 4) is 0 Å². The highest BCUT2D eigenvalue weighted by Gasteiger charge is 2.27. The van der Waals surface area contributed by atoms with E-state index in [1.165, 1.54) is 0 Å². The maximum Gasteiger partial charge on any atom is 0.228 e. The van der Waals surface area contributed by atoms with E-state index in [-0.39, 0.29) is 11.8 Å². The summed E-state index contributed by atoms with van der Waals surface area (Å²) >= 11 is 12.6. The Labute approximate surface area is 165 Å². The lowest BCUT2D eigenvalue weighted by molar-refractivity contribution is -0.121. The van der Waals surface area contributed by atoms with E-state index >= 15 is 0 Å². The average Bonchev–Trinajstić information content (AvgIpc) is 2.62. The second-order valence-electron chi connectivity index (χ2n) is 7.03. The lowest BCUT2D eigenvalue weighted by Crippen LogP contribution is -2.40. The third-order valence-corrected chi connectivity index (χ3v) is 5.76. The van der Waals surface area contributed by atoms with Crippen LogP contribution in [0.1, 0.15) is 29.5 Å². The van der Waals surface area contributed by atoms with E-state index in [1.807, 2.05) is 50.2 Å². The minimum absolute atomic E-state index is 0.0241.